The highest BCUT2D eigenvalue weighted by molar-refractivity contribution is 6.42. The quantitative estimate of drug-likeness (QED) is 0.266. The van der Waals surface area contributed by atoms with Crippen molar-refractivity contribution in [2.75, 3.05) is 11.9 Å². The number of benzene rings is 2. The van der Waals surface area contributed by atoms with Gasteiger partial charge in [0.2, 0.25) is 12.8 Å². The fraction of sp³-hybridized carbons (Fsp3) is 0.517. The number of hydrogen-bond acceptors (Lipinski definition) is 3. The molecule has 0 aliphatic heterocycles. The summed E-state index contributed by atoms with van der Waals surface area (Å²) in [4.78, 5) is 20.6. The smallest absolute Gasteiger partial charge is 0.211 e. The molecule has 0 bridgehead atoms. The first-order valence-electron chi connectivity index (χ1n) is 12.8. The van der Waals surface area contributed by atoms with E-state index in [4.69, 9.17) is 34.8 Å². The van der Waals surface area contributed by atoms with Gasteiger partial charge in [0.05, 0.1) is 10.0 Å². The third-order valence-corrected chi connectivity index (χ3v) is 6.54. The fourth-order valence-corrected chi connectivity index (χ4v) is 4.37. The van der Waals surface area contributed by atoms with Gasteiger partial charge in [0.15, 0.2) is 0 Å². The van der Waals surface area contributed by atoms with Crippen molar-refractivity contribution in [2.45, 2.75) is 85.2 Å². The maximum Gasteiger partial charge on any atom is 0.211 e. The number of carbonyl (C=O) groups is 2. The van der Waals surface area contributed by atoms with Gasteiger partial charge >= 0.3 is 0 Å². The van der Waals surface area contributed by atoms with Gasteiger partial charge in [-0.05, 0) is 53.5 Å². The second-order valence-electron chi connectivity index (χ2n) is 10.9. The number of carbonyl (C=O) groups excluding carboxylic acids is 2. The predicted molar refractivity (Wildman–Crippen MR) is 159 cm³/mol. The Morgan fingerprint density at radius 2 is 1.62 bits per heavy atom. The Morgan fingerprint density at radius 1 is 0.973 bits per heavy atom. The van der Waals surface area contributed by atoms with Crippen molar-refractivity contribution in [1.82, 2.24) is 10.6 Å². The van der Waals surface area contributed by atoms with Crippen LogP contribution in [0.25, 0.3) is 0 Å². The van der Waals surface area contributed by atoms with E-state index in [1.54, 1.807) is 18.2 Å². The van der Waals surface area contributed by atoms with Gasteiger partial charge in [0, 0.05) is 29.8 Å². The summed E-state index contributed by atoms with van der Waals surface area (Å²) in [6.07, 6.45) is 7.73. The maximum atomic E-state index is 10.7. The summed E-state index contributed by atoms with van der Waals surface area (Å²) in [6.45, 7) is 12.2. The Labute approximate surface area is 238 Å². The average molecular weight is 571 g/mol. The van der Waals surface area contributed by atoms with Gasteiger partial charge in [-0.1, -0.05) is 107 Å². The van der Waals surface area contributed by atoms with Crippen molar-refractivity contribution in [3.63, 3.8) is 0 Å². The molecule has 0 aromatic heterocycles. The van der Waals surface area contributed by atoms with Gasteiger partial charge < -0.3 is 16.0 Å². The average Bonchev–Trinajstić information content (AvgIpc) is 2.82. The van der Waals surface area contributed by atoms with Crippen LogP contribution in [0.1, 0.15) is 83.8 Å². The van der Waals surface area contributed by atoms with Gasteiger partial charge in [-0.15, -0.1) is 0 Å². The molecule has 0 saturated heterocycles. The first kappa shape index (κ1) is 33.2. The van der Waals surface area contributed by atoms with E-state index in [0.717, 1.165) is 24.1 Å². The molecule has 206 valence electrons. The van der Waals surface area contributed by atoms with Crippen LogP contribution in [-0.4, -0.2) is 25.4 Å². The molecule has 0 heterocycles. The highest BCUT2D eigenvalue weighted by Crippen LogP contribution is 2.30. The number of amides is 2. The normalized spacial score (nSPS) is 14.3. The van der Waals surface area contributed by atoms with Crippen LogP contribution in [0.15, 0.2) is 36.4 Å². The summed E-state index contributed by atoms with van der Waals surface area (Å²) in [5.41, 5.74) is 3.17. The molecule has 37 heavy (non-hydrogen) atoms. The monoisotopic (exact) mass is 569 g/mol. The molecule has 1 aliphatic carbocycles. The Morgan fingerprint density at radius 3 is 2.22 bits per heavy atom. The van der Waals surface area contributed by atoms with Crippen LogP contribution in [0.2, 0.25) is 15.1 Å². The lowest BCUT2D eigenvalue weighted by Gasteiger charge is -2.19. The van der Waals surface area contributed by atoms with E-state index in [1.165, 1.54) is 32.1 Å². The Kier molecular flexibility index (Phi) is 15.9. The number of halogens is 3. The summed E-state index contributed by atoms with van der Waals surface area (Å²) in [5, 5.41) is 10.6. The lowest BCUT2D eigenvalue weighted by Crippen LogP contribution is -2.29. The van der Waals surface area contributed by atoms with Gasteiger partial charge in [-0.2, -0.15) is 0 Å². The summed E-state index contributed by atoms with van der Waals surface area (Å²) in [5.74, 6) is 0.205. The molecule has 2 aromatic rings. The molecular weight excluding hydrogens is 529 g/mol. The zero-order chi connectivity index (χ0) is 27.8. The van der Waals surface area contributed by atoms with Crippen LogP contribution in [0.5, 0.6) is 0 Å². The van der Waals surface area contributed by atoms with Crippen LogP contribution in [0.4, 0.5) is 5.69 Å². The molecule has 5 nitrogen and oxygen atoms in total. The van der Waals surface area contributed by atoms with Crippen molar-refractivity contribution in [3.8, 4) is 0 Å². The van der Waals surface area contributed by atoms with Crippen molar-refractivity contribution >= 4 is 53.3 Å². The third kappa shape index (κ3) is 14.7. The third-order valence-electron chi connectivity index (χ3n) is 5.47. The van der Waals surface area contributed by atoms with E-state index in [0.29, 0.717) is 45.2 Å². The molecule has 1 fully saturated rings. The number of hydrogen-bond donors (Lipinski definition) is 3. The topological polar surface area (TPSA) is 70.2 Å². The van der Waals surface area contributed by atoms with Crippen molar-refractivity contribution in [2.24, 2.45) is 5.41 Å². The molecule has 1 atom stereocenters. The summed E-state index contributed by atoms with van der Waals surface area (Å²) < 4.78 is 0. The van der Waals surface area contributed by atoms with Crippen LogP contribution in [-0.2, 0) is 16.1 Å². The molecule has 0 unspecified atom stereocenters. The van der Waals surface area contributed by atoms with Crippen molar-refractivity contribution in [1.29, 1.82) is 0 Å². The summed E-state index contributed by atoms with van der Waals surface area (Å²) >= 11 is 18.2. The zero-order valence-electron chi connectivity index (χ0n) is 22.7. The Bertz CT molecular complexity index is 952. The molecule has 3 N–H and O–H groups in total. The van der Waals surface area contributed by atoms with E-state index in [-0.39, 0.29) is 5.92 Å². The lowest BCUT2D eigenvalue weighted by molar-refractivity contribution is -0.110. The molecule has 1 saturated carbocycles. The zero-order valence-corrected chi connectivity index (χ0v) is 24.9. The maximum absolute atomic E-state index is 10.7. The molecule has 0 spiro atoms. The molecule has 2 aromatic carbocycles. The first-order valence-corrected chi connectivity index (χ1v) is 13.9. The largest absolute Gasteiger partial charge is 0.356 e. The second-order valence-corrected chi connectivity index (χ2v) is 12.1. The highest BCUT2D eigenvalue weighted by atomic mass is 35.5. The fourth-order valence-electron chi connectivity index (χ4n) is 3.70. The van der Waals surface area contributed by atoms with Gasteiger partial charge in [-0.25, -0.2) is 0 Å². The van der Waals surface area contributed by atoms with E-state index < -0.39 is 0 Å². The van der Waals surface area contributed by atoms with Gasteiger partial charge in [-0.3, -0.25) is 9.59 Å². The summed E-state index contributed by atoms with van der Waals surface area (Å²) in [6, 6.07) is 11.5. The standard InChI is InChI=1S/C17H17Cl3N2O.C7H13NO.C5H12/c1-11(14-3-2-4-15(19)17(14)20)8-21-9-12-5-6-13(18)7-16(12)22-10-23;9-6-8-7-4-2-1-3-5-7;1-5(2,3)4/h2-7,10-11,21H,8-9H2,1H3,(H,22,23);6-7H,1-5H2,(H,8,9);1-4H3/t11-;;/m1../s1. The van der Waals surface area contributed by atoms with E-state index >= 15 is 0 Å². The highest BCUT2D eigenvalue weighted by Gasteiger charge is 2.12. The minimum atomic E-state index is 0.205. The van der Waals surface area contributed by atoms with Crippen LogP contribution in [0, 0.1) is 5.41 Å². The number of nitrogens with one attached hydrogen (secondary N) is 3. The molecular formula is C29H42Cl3N3O2. The molecule has 0 radical (unpaired) electrons. The van der Waals surface area contributed by atoms with Gasteiger partial charge in [0.1, 0.15) is 0 Å². The molecule has 3 rings (SSSR count). The van der Waals surface area contributed by atoms with Crippen LogP contribution >= 0.6 is 34.8 Å². The van der Waals surface area contributed by atoms with Crippen LogP contribution < -0.4 is 16.0 Å². The minimum absolute atomic E-state index is 0.205. The predicted octanol–water partition coefficient (Wildman–Crippen LogP) is 8.23. The van der Waals surface area contributed by atoms with Crippen molar-refractivity contribution in [3.05, 3.63) is 62.6 Å². The van der Waals surface area contributed by atoms with E-state index in [2.05, 4.69) is 50.6 Å². The Balaban J connectivity index is 0.000000400. The van der Waals surface area contributed by atoms with E-state index in [9.17, 15) is 9.59 Å². The van der Waals surface area contributed by atoms with E-state index in [1.807, 2.05) is 18.2 Å². The lowest BCUT2D eigenvalue weighted by atomic mass is 9.96. The first-order chi connectivity index (χ1) is 17.5. The SMILES string of the molecule is CC(C)(C)C.C[C@H](CNCc1ccc(Cl)cc1NC=O)c1cccc(Cl)c1Cl.O=CNC1CCCCC1. The van der Waals surface area contributed by atoms with Gasteiger partial charge in [0.25, 0.3) is 0 Å². The van der Waals surface area contributed by atoms with Crippen molar-refractivity contribution < 1.29 is 9.59 Å². The molecule has 2 amide bonds. The second kappa shape index (κ2) is 17.7. The minimum Gasteiger partial charge on any atom is -0.356 e. The molecule has 1 aliphatic rings. The van der Waals surface area contributed by atoms with Crippen LogP contribution in [0.3, 0.4) is 0 Å². The molecule has 8 heteroatoms. The summed E-state index contributed by atoms with van der Waals surface area (Å²) in [7, 11) is 0. The Hall–Kier alpha value is -1.79. The number of anilines is 1. The number of rotatable bonds is 9.